The van der Waals surface area contributed by atoms with Gasteiger partial charge in [-0.2, -0.15) is 5.10 Å². The molecule has 0 radical (unpaired) electrons. The van der Waals surface area contributed by atoms with E-state index >= 15 is 0 Å². The summed E-state index contributed by atoms with van der Waals surface area (Å²) < 4.78 is 23.6. The molecule has 6 heteroatoms. The molecule has 0 unspecified atom stereocenters. The zero-order valence-corrected chi connectivity index (χ0v) is 14.7. The van der Waals surface area contributed by atoms with Gasteiger partial charge in [-0.1, -0.05) is 51.9 Å². The quantitative estimate of drug-likeness (QED) is 0.345. The second-order valence-corrected chi connectivity index (χ2v) is 7.56. The molecule has 1 rings (SSSR count). The van der Waals surface area contributed by atoms with Crippen molar-refractivity contribution in [1.82, 2.24) is 4.83 Å². The molecule has 0 aliphatic rings. The Hall–Kier alpha value is -1.56. The molecule has 0 aliphatic carbocycles. The molecule has 5 nitrogen and oxygen atoms in total. The largest absolute Gasteiger partial charge is 0.508 e. The summed E-state index contributed by atoms with van der Waals surface area (Å²) in [6.07, 6.45) is 10.4. The Labute approximate surface area is 139 Å². The molecule has 2 N–H and O–H groups in total. The number of hydrazone groups is 1. The highest BCUT2D eigenvalue weighted by Crippen LogP contribution is 2.09. The van der Waals surface area contributed by atoms with Gasteiger partial charge in [0.05, 0.1) is 12.0 Å². The number of nitrogens with one attached hydrogen (secondary N) is 1. The number of nitrogens with zero attached hydrogens (tertiary/aromatic N) is 1. The predicted molar refractivity (Wildman–Crippen MR) is 95.2 cm³/mol. The Bertz CT molecular complexity index is 554. The molecule has 130 valence electrons. The zero-order valence-electron chi connectivity index (χ0n) is 13.9. The number of aromatic hydroxyl groups is 1. The Balaban J connectivity index is 2.17. The summed E-state index contributed by atoms with van der Waals surface area (Å²) in [4.78, 5) is 2.22. The Kier molecular flexibility index (Phi) is 9.36. The fourth-order valence-corrected chi connectivity index (χ4v) is 3.10. The number of phenols is 1. The lowest BCUT2D eigenvalue weighted by Crippen LogP contribution is -2.21. The van der Waals surface area contributed by atoms with Gasteiger partial charge in [-0.25, -0.2) is 13.2 Å². The van der Waals surface area contributed by atoms with Crippen LogP contribution in [-0.2, 0) is 10.0 Å². The maximum Gasteiger partial charge on any atom is 0.247 e. The van der Waals surface area contributed by atoms with Gasteiger partial charge in [-0.05, 0) is 36.2 Å². The minimum absolute atomic E-state index is 0.106. The number of phenolic OH excluding ortho intramolecular Hbond substituents is 1. The van der Waals surface area contributed by atoms with Gasteiger partial charge in [0.2, 0.25) is 10.0 Å². The first-order valence-electron chi connectivity index (χ1n) is 8.35. The number of unbranched alkanes of at least 4 members (excludes halogenated alkanes) is 7. The Morgan fingerprint density at radius 3 is 2.17 bits per heavy atom. The molecule has 0 heterocycles. The van der Waals surface area contributed by atoms with Crippen molar-refractivity contribution in [3.63, 3.8) is 0 Å². The lowest BCUT2D eigenvalue weighted by atomic mass is 10.1. The van der Waals surface area contributed by atoms with E-state index in [9.17, 15) is 8.42 Å². The highest BCUT2D eigenvalue weighted by molar-refractivity contribution is 7.89. The molecule has 0 bridgehead atoms. The molecule has 0 atom stereocenters. The third-order valence-corrected chi connectivity index (χ3v) is 4.77. The molecular formula is C17H28N2O3S. The number of rotatable bonds is 12. The number of benzene rings is 1. The van der Waals surface area contributed by atoms with E-state index in [0.29, 0.717) is 6.42 Å². The number of sulfonamides is 1. The van der Waals surface area contributed by atoms with Crippen LogP contribution in [-0.4, -0.2) is 25.5 Å². The van der Waals surface area contributed by atoms with E-state index in [1.807, 2.05) is 0 Å². The summed E-state index contributed by atoms with van der Waals surface area (Å²) in [5, 5.41) is 12.9. The molecule has 1 aromatic carbocycles. The first kappa shape index (κ1) is 19.5. The van der Waals surface area contributed by atoms with Gasteiger partial charge in [0, 0.05) is 0 Å². The molecule has 0 spiro atoms. The van der Waals surface area contributed by atoms with Gasteiger partial charge in [0.15, 0.2) is 0 Å². The van der Waals surface area contributed by atoms with E-state index in [2.05, 4.69) is 16.9 Å². The highest BCUT2D eigenvalue weighted by Gasteiger charge is 2.07. The number of hydrogen-bond acceptors (Lipinski definition) is 4. The van der Waals surface area contributed by atoms with Crippen LogP contribution in [0.15, 0.2) is 29.4 Å². The van der Waals surface area contributed by atoms with E-state index < -0.39 is 10.0 Å². The third-order valence-electron chi connectivity index (χ3n) is 3.57. The van der Waals surface area contributed by atoms with Crippen LogP contribution < -0.4 is 4.83 Å². The summed E-state index contributed by atoms with van der Waals surface area (Å²) in [5.74, 6) is 0.270. The molecule has 0 aliphatic heterocycles. The van der Waals surface area contributed by atoms with Gasteiger partial charge in [0.1, 0.15) is 5.75 Å². The van der Waals surface area contributed by atoms with Gasteiger partial charge in [-0.3, -0.25) is 0 Å². The first-order chi connectivity index (χ1) is 11.0. The van der Waals surface area contributed by atoms with Crippen LogP contribution in [0.3, 0.4) is 0 Å². The van der Waals surface area contributed by atoms with Gasteiger partial charge < -0.3 is 5.11 Å². The molecule has 0 amide bonds. The lowest BCUT2D eigenvalue weighted by Gasteiger charge is -2.04. The SMILES string of the molecule is CCCCCCCCCCS(=O)(=O)N/N=C\c1ccc(O)cc1. The Morgan fingerprint density at radius 2 is 1.57 bits per heavy atom. The average molecular weight is 340 g/mol. The molecule has 0 saturated carbocycles. The standard InChI is InChI=1S/C17H28N2O3S/c1-2-3-4-5-6-7-8-9-14-23(21,22)19-18-15-16-10-12-17(20)13-11-16/h10-13,15,19-20H,2-9,14H2,1H3/b18-15-. The summed E-state index contributed by atoms with van der Waals surface area (Å²) in [7, 11) is -3.36. The van der Waals surface area contributed by atoms with Crippen molar-refractivity contribution in [2.45, 2.75) is 58.3 Å². The van der Waals surface area contributed by atoms with Crippen LogP contribution in [0.5, 0.6) is 5.75 Å². The van der Waals surface area contributed by atoms with E-state index in [0.717, 1.165) is 18.4 Å². The van der Waals surface area contributed by atoms with Crippen LogP contribution in [0, 0.1) is 0 Å². The summed E-state index contributed by atoms with van der Waals surface area (Å²) in [6.45, 7) is 2.20. The average Bonchev–Trinajstić information content (AvgIpc) is 2.52. The van der Waals surface area contributed by atoms with Crippen LogP contribution in [0.2, 0.25) is 0 Å². The molecule has 0 saturated heterocycles. The van der Waals surface area contributed by atoms with Crippen LogP contribution in [0.25, 0.3) is 0 Å². The second kappa shape index (κ2) is 11.0. The minimum Gasteiger partial charge on any atom is -0.508 e. The fourth-order valence-electron chi connectivity index (χ4n) is 2.21. The van der Waals surface area contributed by atoms with Crippen molar-refractivity contribution in [3.05, 3.63) is 29.8 Å². The van der Waals surface area contributed by atoms with Crippen molar-refractivity contribution in [2.75, 3.05) is 5.75 Å². The van der Waals surface area contributed by atoms with E-state index in [1.165, 1.54) is 50.5 Å². The van der Waals surface area contributed by atoms with Crippen molar-refractivity contribution in [2.24, 2.45) is 5.10 Å². The smallest absolute Gasteiger partial charge is 0.247 e. The van der Waals surface area contributed by atoms with Crippen molar-refractivity contribution in [1.29, 1.82) is 0 Å². The lowest BCUT2D eigenvalue weighted by molar-refractivity contribution is 0.475. The molecule has 0 fully saturated rings. The summed E-state index contributed by atoms with van der Waals surface area (Å²) in [6, 6.07) is 6.37. The third kappa shape index (κ3) is 9.94. The molecule has 1 aromatic rings. The van der Waals surface area contributed by atoms with Gasteiger partial charge in [0.25, 0.3) is 0 Å². The maximum atomic E-state index is 11.8. The van der Waals surface area contributed by atoms with Crippen molar-refractivity contribution < 1.29 is 13.5 Å². The molecule has 23 heavy (non-hydrogen) atoms. The summed E-state index contributed by atoms with van der Waals surface area (Å²) >= 11 is 0. The molecule has 0 aromatic heterocycles. The van der Waals surface area contributed by atoms with E-state index in [4.69, 9.17) is 5.11 Å². The highest BCUT2D eigenvalue weighted by atomic mass is 32.2. The van der Waals surface area contributed by atoms with Crippen LogP contribution in [0.4, 0.5) is 0 Å². The summed E-state index contributed by atoms with van der Waals surface area (Å²) in [5.41, 5.74) is 0.720. The second-order valence-electron chi connectivity index (χ2n) is 5.73. The minimum atomic E-state index is -3.36. The fraction of sp³-hybridized carbons (Fsp3) is 0.588. The normalized spacial score (nSPS) is 11.9. The van der Waals surface area contributed by atoms with Gasteiger partial charge in [-0.15, -0.1) is 0 Å². The monoisotopic (exact) mass is 340 g/mol. The zero-order chi connectivity index (χ0) is 17.0. The van der Waals surface area contributed by atoms with Crippen molar-refractivity contribution in [3.8, 4) is 5.75 Å². The number of hydrogen-bond donors (Lipinski definition) is 2. The Morgan fingerprint density at radius 1 is 1.00 bits per heavy atom. The predicted octanol–water partition coefficient (Wildman–Crippen LogP) is 3.79. The van der Waals surface area contributed by atoms with Crippen LogP contribution >= 0.6 is 0 Å². The topological polar surface area (TPSA) is 78.8 Å². The molecular weight excluding hydrogens is 312 g/mol. The first-order valence-corrected chi connectivity index (χ1v) is 10.0. The van der Waals surface area contributed by atoms with E-state index in [-0.39, 0.29) is 11.5 Å². The van der Waals surface area contributed by atoms with Crippen molar-refractivity contribution >= 4 is 16.2 Å². The van der Waals surface area contributed by atoms with Gasteiger partial charge >= 0.3 is 0 Å². The van der Waals surface area contributed by atoms with Crippen LogP contribution in [0.1, 0.15) is 63.9 Å². The maximum absolute atomic E-state index is 11.8. The van der Waals surface area contributed by atoms with E-state index in [1.54, 1.807) is 12.1 Å².